The number of hydrogen-bond acceptors (Lipinski definition) is 5. The normalized spacial score (nSPS) is 18.8. The molecule has 1 amide bonds. The maximum absolute atomic E-state index is 13.4. The zero-order valence-corrected chi connectivity index (χ0v) is 17.3. The average Bonchev–Trinajstić information content (AvgIpc) is 3.16. The third-order valence-corrected chi connectivity index (χ3v) is 6.11. The average molecular weight is 420 g/mol. The minimum Gasteiger partial charge on any atom is -0.497 e. The third kappa shape index (κ3) is 4.28. The second kappa shape index (κ2) is 9.34. The van der Waals surface area contributed by atoms with Crippen molar-refractivity contribution < 1.29 is 19.1 Å². The van der Waals surface area contributed by atoms with Gasteiger partial charge in [-0.3, -0.25) is 4.79 Å². The molecule has 148 valence electrons. The number of nitrogens with zero attached hydrogens (tertiary/aromatic N) is 1. The van der Waals surface area contributed by atoms with E-state index < -0.39 is 6.04 Å². The Balaban J connectivity index is 1.95. The molecule has 1 aliphatic rings. The quantitative estimate of drug-likeness (QED) is 0.642. The maximum atomic E-state index is 13.4. The maximum Gasteiger partial charge on any atom is 0.329 e. The van der Waals surface area contributed by atoms with Gasteiger partial charge in [-0.2, -0.15) is 0 Å². The summed E-state index contributed by atoms with van der Waals surface area (Å²) in [6, 6.07) is 13.6. The van der Waals surface area contributed by atoms with E-state index in [4.69, 9.17) is 21.1 Å². The number of halogens is 1. The lowest BCUT2D eigenvalue weighted by Gasteiger charge is -2.29. The highest BCUT2D eigenvalue weighted by Gasteiger charge is 2.44. The highest BCUT2D eigenvalue weighted by Crippen LogP contribution is 2.44. The zero-order valence-electron chi connectivity index (χ0n) is 15.8. The van der Waals surface area contributed by atoms with Gasteiger partial charge in [-0.1, -0.05) is 36.7 Å². The molecule has 0 aromatic heterocycles. The summed E-state index contributed by atoms with van der Waals surface area (Å²) in [4.78, 5) is 27.6. The summed E-state index contributed by atoms with van der Waals surface area (Å²) < 4.78 is 10.5. The van der Waals surface area contributed by atoms with Crippen LogP contribution in [0.5, 0.6) is 5.75 Å². The van der Waals surface area contributed by atoms with E-state index in [-0.39, 0.29) is 17.3 Å². The summed E-state index contributed by atoms with van der Waals surface area (Å²) in [5.41, 5.74) is 1.29. The van der Waals surface area contributed by atoms with E-state index in [2.05, 4.69) is 0 Å². The van der Waals surface area contributed by atoms with Crippen molar-refractivity contribution in [3.8, 4) is 5.75 Å². The van der Waals surface area contributed by atoms with Gasteiger partial charge in [-0.15, -0.1) is 11.8 Å². The second-order valence-corrected chi connectivity index (χ2v) is 7.85. The first-order chi connectivity index (χ1) is 13.6. The highest BCUT2D eigenvalue weighted by atomic mass is 35.5. The van der Waals surface area contributed by atoms with Gasteiger partial charge in [-0.25, -0.2) is 4.79 Å². The van der Waals surface area contributed by atoms with Crippen LogP contribution in [0.2, 0.25) is 5.02 Å². The summed E-state index contributed by atoms with van der Waals surface area (Å²) in [5.74, 6) is 0.496. The van der Waals surface area contributed by atoms with Gasteiger partial charge in [0.25, 0.3) is 5.91 Å². The molecule has 7 heteroatoms. The van der Waals surface area contributed by atoms with Gasteiger partial charge in [-0.05, 0) is 36.8 Å². The van der Waals surface area contributed by atoms with Gasteiger partial charge in [0.1, 0.15) is 17.2 Å². The number of benzene rings is 2. The summed E-state index contributed by atoms with van der Waals surface area (Å²) in [5, 5.41) is 0.206. The van der Waals surface area contributed by atoms with E-state index >= 15 is 0 Å². The van der Waals surface area contributed by atoms with Crippen molar-refractivity contribution in [3.63, 3.8) is 0 Å². The van der Waals surface area contributed by atoms with Crippen LogP contribution in [0.1, 0.15) is 34.6 Å². The SMILES string of the molecule is CCCOC(=O)[C@H]1CS[C@@H](c2ccccc2Cl)N1C(=O)c1ccc(OC)cc1. The Bertz CT molecular complexity index is 843. The number of hydrogen-bond donors (Lipinski definition) is 0. The third-order valence-electron chi connectivity index (χ3n) is 4.46. The smallest absolute Gasteiger partial charge is 0.329 e. The molecule has 5 nitrogen and oxygen atoms in total. The highest BCUT2D eigenvalue weighted by molar-refractivity contribution is 7.99. The summed E-state index contributed by atoms with van der Waals surface area (Å²) in [6.45, 7) is 2.27. The Morgan fingerprint density at radius 3 is 2.54 bits per heavy atom. The number of thioether (sulfide) groups is 1. The molecule has 2 aromatic rings. The molecule has 0 spiro atoms. The number of methoxy groups -OCH3 is 1. The molecule has 0 aliphatic carbocycles. The van der Waals surface area contributed by atoms with E-state index in [1.807, 2.05) is 25.1 Å². The Hall–Kier alpha value is -2.18. The fourth-order valence-corrected chi connectivity index (χ4v) is 4.79. The lowest BCUT2D eigenvalue weighted by atomic mass is 10.1. The molecule has 0 unspecified atom stereocenters. The molecular weight excluding hydrogens is 398 g/mol. The van der Waals surface area contributed by atoms with Crippen molar-refractivity contribution >= 4 is 35.2 Å². The van der Waals surface area contributed by atoms with E-state index in [1.54, 1.807) is 42.3 Å². The molecule has 1 saturated heterocycles. The van der Waals surface area contributed by atoms with E-state index in [0.29, 0.717) is 28.7 Å². The molecule has 0 radical (unpaired) electrons. The first kappa shape index (κ1) is 20.6. The molecule has 3 rings (SSSR count). The summed E-state index contributed by atoms with van der Waals surface area (Å²) in [6.07, 6.45) is 0.728. The molecule has 0 N–H and O–H groups in total. The van der Waals surface area contributed by atoms with Crippen molar-refractivity contribution in [2.45, 2.75) is 24.8 Å². The number of rotatable bonds is 6. The van der Waals surface area contributed by atoms with Gasteiger partial charge in [0.15, 0.2) is 0 Å². The topological polar surface area (TPSA) is 55.8 Å². The number of amides is 1. The first-order valence-electron chi connectivity index (χ1n) is 9.06. The molecule has 2 atom stereocenters. The van der Waals surface area contributed by atoms with Crippen LogP contribution in [0.4, 0.5) is 0 Å². The van der Waals surface area contributed by atoms with E-state index in [0.717, 1.165) is 12.0 Å². The van der Waals surface area contributed by atoms with E-state index in [1.165, 1.54) is 11.8 Å². The van der Waals surface area contributed by atoms with Crippen molar-refractivity contribution in [1.29, 1.82) is 0 Å². The summed E-state index contributed by atoms with van der Waals surface area (Å²) in [7, 11) is 1.57. The molecule has 28 heavy (non-hydrogen) atoms. The van der Waals surface area contributed by atoms with Crippen LogP contribution in [-0.4, -0.2) is 42.3 Å². The second-order valence-electron chi connectivity index (χ2n) is 6.33. The molecule has 0 bridgehead atoms. The van der Waals surface area contributed by atoms with Gasteiger partial charge in [0, 0.05) is 21.9 Å². The van der Waals surface area contributed by atoms with Crippen molar-refractivity contribution in [2.24, 2.45) is 0 Å². The van der Waals surface area contributed by atoms with Crippen LogP contribution in [0.15, 0.2) is 48.5 Å². The van der Waals surface area contributed by atoms with Crippen LogP contribution < -0.4 is 4.74 Å². The molecule has 0 saturated carbocycles. The van der Waals surface area contributed by atoms with Crippen LogP contribution in [0.3, 0.4) is 0 Å². The molecule has 1 aliphatic heterocycles. The fraction of sp³-hybridized carbons (Fsp3) is 0.333. The summed E-state index contributed by atoms with van der Waals surface area (Å²) >= 11 is 7.90. The fourth-order valence-electron chi connectivity index (χ4n) is 3.03. The van der Waals surface area contributed by atoms with Crippen LogP contribution in [-0.2, 0) is 9.53 Å². The van der Waals surface area contributed by atoms with E-state index in [9.17, 15) is 9.59 Å². The molecule has 1 heterocycles. The number of esters is 1. The van der Waals surface area contributed by atoms with Gasteiger partial charge in [0.2, 0.25) is 0 Å². The minimum absolute atomic E-state index is 0.240. The van der Waals surface area contributed by atoms with Crippen molar-refractivity contribution in [3.05, 3.63) is 64.7 Å². The van der Waals surface area contributed by atoms with Crippen molar-refractivity contribution in [1.82, 2.24) is 4.90 Å². The van der Waals surface area contributed by atoms with Crippen LogP contribution in [0.25, 0.3) is 0 Å². The zero-order chi connectivity index (χ0) is 20.1. The van der Waals surface area contributed by atoms with Gasteiger partial charge >= 0.3 is 5.97 Å². The minimum atomic E-state index is -0.660. The monoisotopic (exact) mass is 419 g/mol. The van der Waals surface area contributed by atoms with Crippen LogP contribution >= 0.6 is 23.4 Å². The Labute approximate surface area is 174 Å². The molecule has 2 aromatic carbocycles. The van der Waals surface area contributed by atoms with Crippen molar-refractivity contribution in [2.75, 3.05) is 19.5 Å². The lowest BCUT2D eigenvalue weighted by Crippen LogP contribution is -2.44. The molecule has 1 fully saturated rings. The van der Waals surface area contributed by atoms with Crippen LogP contribution in [0, 0.1) is 0 Å². The number of ether oxygens (including phenoxy) is 2. The number of carbonyl (C=O) groups is 2. The van der Waals surface area contributed by atoms with Gasteiger partial charge in [0.05, 0.1) is 13.7 Å². The molecular formula is C21H22ClNO4S. The lowest BCUT2D eigenvalue weighted by molar-refractivity contribution is -0.148. The Morgan fingerprint density at radius 1 is 1.18 bits per heavy atom. The largest absolute Gasteiger partial charge is 0.497 e. The first-order valence-corrected chi connectivity index (χ1v) is 10.5. The predicted molar refractivity (Wildman–Crippen MR) is 111 cm³/mol. The number of carbonyl (C=O) groups excluding carboxylic acids is 2. The standard InChI is InChI=1S/C21H22ClNO4S/c1-3-12-27-21(25)18-13-28-20(16-6-4-5-7-17(16)22)23(18)19(24)14-8-10-15(26-2)11-9-14/h4-11,18,20H,3,12-13H2,1-2H3/t18-,20+/m1/s1. The predicted octanol–water partition coefficient (Wildman–Crippen LogP) is 4.56. The Kier molecular flexibility index (Phi) is 6.86. The van der Waals surface area contributed by atoms with Gasteiger partial charge < -0.3 is 14.4 Å². The Morgan fingerprint density at radius 2 is 1.89 bits per heavy atom.